The van der Waals surface area contributed by atoms with Crippen LogP contribution in [0.15, 0.2) is 54.7 Å². The summed E-state index contributed by atoms with van der Waals surface area (Å²) in [6.45, 7) is 2.33. The van der Waals surface area contributed by atoms with Crippen LogP contribution >= 0.6 is 22.9 Å². The average molecular weight is 552 g/mol. The molecule has 0 bridgehead atoms. The Morgan fingerprint density at radius 1 is 1.16 bits per heavy atom. The van der Waals surface area contributed by atoms with Crippen molar-refractivity contribution in [2.75, 3.05) is 14.2 Å². The second-order valence-corrected chi connectivity index (χ2v) is 11.2. The largest absolute Gasteiger partial charge is 0.496 e. The molecule has 198 valence electrons. The normalized spacial score (nSPS) is 17.5. The highest BCUT2D eigenvalue weighted by atomic mass is 35.5. The molecule has 0 radical (unpaired) electrons. The lowest BCUT2D eigenvalue weighted by Gasteiger charge is -2.37. The molecule has 0 aliphatic heterocycles. The van der Waals surface area contributed by atoms with Gasteiger partial charge in [-0.1, -0.05) is 23.7 Å². The predicted molar refractivity (Wildman–Crippen MR) is 153 cm³/mol. The smallest absolute Gasteiger partial charge is 0.266 e. The number of hydrogen-bond donors (Lipinski definition) is 1. The maximum atomic E-state index is 14.6. The van der Waals surface area contributed by atoms with Gasteiger partial charge in [-0.2, -0.15) is 0 Å². The van der Waals surface area contributed by atoms with E-state index in [-0.39, 0.29) is 17.0 Å². The van der Waals surface area contributed by atoms with Crippen LogP contribution < -0.4 is 10.1 Å². The summed E-state index contributed by atoms with van der Waals surface area (Å²) in [6.07, 6.45) is 5.51. The molecule has 0 saturated heterocycles. The molecule has 8 heteroatoms. The van der Waals surface area contributed by atoms with Crippen LogP contribution in [0.3, 0.4) is 0 Å². The number of fused-ring (bicyclic) bond motifs is 1. The molecule has 2 aromatic heterocycles. The lowest BCUT2D eigenvalue weighted by atomic mass is 9.89. The molecule has 0 spiro atoms. The van der Waals surface area contributed by atoms with Crippen LogP contribution in [0.2, 0.25) is 5.02 Å². The maximum absolute atomic E-state index is 14.6. The standard InChI is InChI=1S/C30H31ClFN3O2S/c1-18-15-20(13-14-34-18)19-7-12-25(37-3)21(16-19)17-35(23-10-8-22(33-2)9-11-23)30(36)29-28(31)27-24(32)5-4-6-26(27)38-29/h4-7,12-16,22-23,33H,8-11,17H2,1-3H3/t22-,23-. The SMILES string of the molecule is CN[C@H]1CC[C@H](N(Cc2cc(-c3ccnc(C)c3)ccc2OC)C(=O)c2sc3cccc(F)c3c2Cl)CC1. The Balaban J connectivity index is 1.55. The number of carbonyl (C=O) groups excluding carboxylic acids is 1. The Morgan fingerprint density at radius 2 is 1.92 bits per heavy atom. The van der Waals surface area contributed by atoms with Gasteiger partial charge in [0.25, 0.3) is 5.91 Å². The number of benzene rings is 2. The van der Waals surface area contributed by atoms with Crippen LogP contribution in [-0.2, 0) is 6.54 Å². The number of aromatic nitrogens is 1. The van der Waals surface area contributed by atoms with Gasteiger partial charge in [-0.05, 0) is 87.2 Å². The molecular formula is C30H31ClFN3O2S. The van der Waals surface area contributed by atoms with Crippen molar-refractivity contribution in [1.82, 2.24) is 15.2 Å². The maximum Gasteiger partial charge on any atom is 0.266 e. The lowest BCUT2D eigenvalue weighted by molar-refractivity contribution is 0.0604. The van der Waals surface area contributed by atoms with Crippen molar-refractivity contribution < 1.29 is 13.9 Å². The fourth-order valence-electron chi connectivity index (χ4n) is 5.37. The third kappa shape index (κ3) is 5.28. The molecule has 5 rings (SSSR count). The summed E-state index contributed by atoms with van der Waals surface area (Å²) in [5.41, 5.74) is 3.92. The minimum Gasteiger partial charge on any atom is -0.496 e. The Morgan fingerprint density at radius 3 is 2.61 bits per heavy atom. The molecule has 1 aliphatic carbocycles. The van der Waals surface area contributed by atoms with Gasteiger partial charge < -0.3 is 15.0 Å². The first-order chi connectivity index (χ1) is 18.4. The van der Waals surface area contributed by atoms with Gasteiger partial charge in [0.05, 0.1) is 12.1 Å². The zero-order valence-electron chi connectivity index (χ0n) is 21.8. The zero-order valence-corrected chi connectivity index (χ0v) is 23.3. The van der Waals surface area contributed by atoms with Crippen LogP contribution in [-0.4, -0.2) is 42.0 Å². The zero-order chi connectivity index (χ0) is 26.8. The molecule has 4 aromatic rings. The summed E-state index contributed by atoms with van der Waals surface area (Å²) in [7, 11) is 3.63. The number of methoxy groups -OCH3 is 1. The van der Waals surface area contributed by atoms with Gasteiger partial charge in [0.1, 0.15) is 16.4 Å². The molecule has 5 nitrogen and oxygen atoms in total. The molecule has 1 fully saturated rings. The van der Waals surface area contributed by atoms with E-state index in [0.29, 0.717) is 27.5 Å². The van der Waals surface area contributed by atoms with Gasteiger partial charge in [0.2, 0.25) is 0 Å². The number of aryl methyl sites for hydroxylation is 1. The number of thiophene rings is 1. The van der Waals surface area contributed by atoms with Crippen molar-refractivity contribution in [3.8, 4) is 16.9 Å². The monoisotopic (exact) mass is 551 g/mol. The van der Waals surface area contributed by atoms with Gasteiger partial charge in [-0.3, -0.25) is 9.78 Å². The highest BCUT2D eigenvalue weighted by molar-refractivity contribution is 7.21. The topological polar surface area (TPSA) is 54.5 Å². The summed E-state index contributed by atoms with van der Waals surface area (Å²) >= 11 is 7.90. The fourth-order valence-corrected chi connectivity index (χ4v) is 6.88. The summed E-state index contributed by atoms with van der Waals surface area (Å²) in [6, 6.07) is 15.4. The molecule has 38 heavy (non-hydrogen) atoms. The number of ether oxygens (including phenoxy) is 1. The van der Waals surface area contributed by atoms with Crippen molar-refractivity contribution in [3.05, 3.63) is 81.7 Å². The van der Waals surface area contributed by atoms with E-state index in [1.54, 1.807) is 25.4 Å². The van der Waals surface area contributed by atoms with E-state index >= 15 is 0 Å². The van der Waals surface area contributed by atoms with Crippen molar-refractivity contribution in [2.24, 2.45) is 0 Å². The van der Waals surface area contributed by atoms with Gasteiger partial charge >= 0.3 is 0 Å². The number of hydrogen-bond acceptors (Lipinski definition) is 5. The average Bonchev–Trinajstić information content (AvgIpc) is 3.28. The number of carbonyl (C=O) groups is 1. The molecular weight excluding hydrogens is 521 g/mol. The van der Waals surface area contributed by atoms with Crippen molar-refractivity contribution in [3.63, 3.8) is 0 Å². The number of amides is 1. The Kier molecular flexibility index (Phi) is 7.98. The summed E-state index contributed by atoms with van der Waals surface area (Å²) in [5, 5.41) is 3.87. The van der Waals surface area contributed by atoms with Crippen LogP contribution in [0, 0.1) is 12.7 Å². The third-order valence-corrected chi connectivity index (χ3v) is 9.09. The van der Waals surface area contributed by atoms with Crippen LogP contribution in [0.4, 0.5) is 4.39 Å². The Bertz CT molecular complexity index is 1470. The van der Waals surface area contributed by atoms with Crippen molar-refractivity contribution in [1.29, 1.82) is 0 Å². The van der Waals surface area contributed by atoms with E-state index in [4.69, 9.17) is 16.3 Å². The Labute approximate surface area is 231 Å². The van der Waals surface area contributed by atoms with Crippen molar-refractivity contribution in [2.45, 2.75) is 51.2 Å². The predicted octanol–water partition coefficient (Wildman–Crippen LogP) is 7.25. The van der Waals surface area contributed by atoms with Crippen LogP contribution in [0.1, 0.15) is 46.6 Å². The van der Waals surface area contributed by atoms with E-state index in [1.165, 1.54) is 17.4 Å². The molecule has 2 aromatic carbocycles. The molecule has 1 aliphatic rings. The molecule has 2 heterocycles. The number of pyridine rings is 1. The minimum atomic E-state index is -0.411. The van der Waals surface area contributed by atoms with E-state index in [0.717, 1.165) is 53.8 Å². The third-order valence-electron chi connectivity index (χ3n) is 7.46. The van der Waals surface area contributed by atoms with E-state index < -0.39 is 5.82 Å². The van der Waals surface area contributed by atoms with Gasteiger partial charge in [0, 0.05) is 46.2 Å². The van der Waals surface area contributed by atoms with Gasteiger partial charge in [-0.25, -0.2) is 4.39 Å². The first kappa shape index (κ1) is 26.6. The molecule has 1 saturated carbocycles. The van der Waals surface area contributed by atoms with Gasteiger partial charge in [0.15, 0.2) is 0 Å². The quantitative estimate of drug-likeness (QED) is 0.263. The Hall–Kier alpha value is -3.00. The molecule has 1 N–H and O–H groups in total. The second-order valence-electron chi connectivity index (χ2n) is 9.80. The number of nitrogens with zero attached hydrogens (tertiary/aromatic N) is 2. The number of rotatable bonds is 7. The number of halogens is 2. The van der Waals surface area contributed by atoms with Crippen LogP contribution in [0.25, 0.3) is 21.2 Å². The van der Waals surface area contributed by atoms with Crippen molar-refractivity contribution >= 4 is 38.9 Å². The van der Waals surface area contributed by atoms with Gasteiger partial charge in [-0.15, -0.1) is 11.3 Å². The van der Waals surface area contributed by atoms with E-state index in [1.807, 2.05) is 43.1 Å². The molecule has 0 unspecified atom stereocenters. The fraction of sp³-hybridized carbons (Fsp3) is 0.333. The molecule has 1 amide bonds. The molecule has 0 atom stereocenters. The first-order valence-corrected chi connectivity index (χ1v) is 14.0. The highest BCUT2D eigenvalue weighted by Crippen LogP contribution is 2.39. The summed E-state index contributed by atoms with van der Waals surface area (Å²) in [5.74, 6) is 0.135. The first-order valence-electron chi connectivity index (χ1n) is 12.8. The van der Waals surface area contributed by atoms with Crippen LogP contribution in [0.5, 0.6) is 5.75 Å². The second kappa shape index (κ2) is 11.4. The van der Waals surface area contributed by atoms with E-state index in [9.17, 15) is 9.18 Å². The summed E-state index contributed by atoms with van der Waals surface area (Å²) < 4.78 is 21.0. The minimum absolute atomic E-state index is 0.0368. The lowest BCUT2D eigenvalue weighted by Crippen LogP contribution is -2.44. The number of nitrogens with one attached hydrogen (secondary N) is 1. The highest BCUT2D eigenvalue weighted by Gasteiger charge is 2.32. The van der Waals surface area contributed by atoms with E-state index in [2.05, 4.69) is 16.4 Å². The summed E-state index contributed by atoms with van der Waals surface area (Å²) in [4.78, 5) is 20.8.